The molecule has 1 atom stereocenters. The summed E-state index contributed by atoms with van der Waals surface area (Å²) in [7, 11) is 0. The predicted octanol–water partition coefficient (Wildman–Crippen LogP) is 6.15. The second-order valence-corrected chi connectivity index (χ2v) is 7.93. The van der Waals surface area contributed by atoms with Crippen LogP contribution in [-0.2, 0) is 18.3 Å². The molecule has 124 valence electrons. The van der Waals surface area contributed by atoms with Gasteiger partial charge >= 0.3 is 0 Å². The molecule has 0 fully saturated rings. The third-order valence-electron chi connectivity index (χ3n) is 6.39. The summed E-state index contributed by atoms with van der Waals surface area (Å²) >= 11 is 0. The van der Waals surface area contributed by atoms with Gasteiger partial charge in [-0.2, -0.15) is 0 Å². The van der Waals surface area contributed by atoms with Gasteiger partial charge in [0.25, 0.3) is 0 Å². The fraction of sp³-hybridized carbons (Fsp3) is 0.280. The first-order chi connectivity index (χ1) is 12.2. The zero-order valence-electron chi connectivity index (χ0n) is 15.1. The average Bonchev–Trinajstić information content (AvgIpc) is 2.90. The van der Waals surface area contributed by atoms with Crippen LogP contribution in [0.15, 0.2) is 60.7 Å². The van der Waals surface area contributed by atoms with Gasteiger partial charge in [-0.25, -0.2) is 0 Å². The monoisotopic (exact) mass is 324 g/mol. The largest absolute Gasteiger partial charge is 0.0622 e. The number of fused-ring (bicyclic) bond motifs is 3. The Balaban J connectivity index is 1.82. The molecule has 25 heavy (non-hydrogen) atoms. The van der Waals surface area contributed by atoms with Gasteiger partial charge in [-0.05, 0) is 78.5 Å². The van der Waals surface area contributed by atoms with Crippen molar-refractivity contribution in [2.24, 2.45) is 0 Å². The van der Waals surface area contributed by atoms with Crippen LogP contribution in [0.25, 0.3) is 11.1 Å². The average molecular weight is 324 g/mol. The van der Waals surface area contributed by atoms with E-state index in [9.17, 15) is 0 Å². The molecule has 5 rings (SSSR count). The molecule has 3 aromatic rings. The van der Waals surface area contributed by atoms with Gasteiger partial charge in [0.05, 0.1) is 0 Å². The number of hydrogen-bond donors (Lipinski definition) is 0. The second-order valence-electron chi connectivity index (χ2n) is 7.93. The Kier molecular flexibility index (Phi) is 3.19. The Labute approximate surface area is 150 Å². The quantitative estimate of drug-likeness (QED) is 0.530. The van der Waals surface area contributed by atoms with Gasteiger partial charge in [0.2, 0.25) is 0 Å². The highest BCUT2D eigenvalue weighted by atomic mass is 14.5. The summed E-state index contributed by atoms with van der Waals surface area (Å²) in [5.41, 5.74) is 12.3. The minimum absolute atomic E-state index is 0.164. The number of rotatable bonds is 2. The minimum atomic E-state index is 0.164. The molecule has 0 spiro atoms. The first kappa shape index (κ1) is 15.0. The molecule has 0 saturated carbocycles. The SMILES string of the molecule is Cc1ccc2c(c1)C1(Cc3ccccc3)CCCc3c(C)ccc-2c31. The highest BCUT2D eigenvalue weighted by Crippen LogP contribution is 2.57. The molecule has 0 nitrogen and oxygen atoms in total. The summed E-state index contributed by atoms with van der Waals surface area (Å²) < 4.78 is 0. The highest BCUT2D eigenvalue weighted by Gasteiger charge is 2.46. The van der Waals surface area contributed by atoms with Crippen molar-refractivity contribution in [2.45, 2.75) is 44.9 Å². The molecule has 3 aromatic carbocycles. The molecule has 0 amide bonds. The molecule has 0 bridgehead atoms. The Morgan fingerprint density at radius 1 is 0.880 bits per heavy atom. The van der Waals surface area contributed by atoms with E-state index >= 15 is 0 Å². The third kappa shape index (κ3) is 2.07. The molecule has 0 heteroatoms. The maximum Gasteiger partial charge on any atom is 0.0258 e. The van der Waals surface area contributed by atoms with E-state index in [4.69, 9.17) is 0 Å². The number of hydrogen-bond acceptors (Lipinski definition) is 0. The van der Waals surface area contributed by atoms with Crippen molar-refractivity contribution in [1.82, 2.24) is 0 Å². The first-order valence-corrected chi connectivity index (χ1v) is 9.47. The molecule has 0 aliphatic heterocycles. The summed E-state index contributed by atoms with van der Waals surface area (Å²) in [5.74, 6) is 0. The van der Waals surface area contributed by atoms with E-state index in [0.717, 1.165) is 6.42 Å². The van der Waals surface area contributed by atoms with E-state index in [0.29, 0.717) is 0 Å². The summed E-state index contributed by atoms with van der Waals surface area (Å²) in [4.78, 5) is 0. The van der Waals surface area contributed by atoms with Crippen molar-refractivity contribution in [1.29, 1.82) is 0 Å². The van der Waals surface area contributed by atoms with Crippen LogP contribution in [0.5, 0.6) is 0 Å². The molecule has 0 heterocycles. The van der Waals surface area contributed by atoms with Crippen LogP contribution in [0.2, 0.25) is 0 Å². The van der Waals surface area contributed by atoms with Crippen molar-refractivity contribution in [3.8, 4) is 11.1 Å². The second kappa shape index (κ2) is 5.33. The van der Waals surface area contributed by atoms with Crippen LogP contribution in [0.3, 0.4) is 0 Å². The lowest BCUT2D eigenvalue weighted by Gasteiger charge is -2.38. The van der Waals surface area contributed by atoms with Crippen molar-refractivity contribution in [2.75, 3.05) is 0 Å². The smallest absolute Gasteiger partial charge is 0.0258 e. The lowest BCUT2D eigenvalue weighted by molar-refractivity contribution is 0.433. The van der Waals surface area contributed by atoms with Crippen LogP contribution >= 0.6 is 0 Å². The third-order valence-corrected chi connectivity index (χ3v) is 6.39. The summed E-state index contributed by atoms with van der Waals surface area (Å²) in [6.07, 6.45) is 4.91. The van der Waals surface area contributed by atoms with Gasteiger partial charge in [0, 0.05) is 5.41 Å². The summed E-state index contributed by atoms with van der Waals surface area (Å²) in [6, 6.07) is 22.9. The Bertz CT molecular complexity index is 965. The molecule has 0 N–H and O–H groups in total. The van der Waals surface area contributed by atoms with Crippen LogP contribution < -0.4 is 0 Å². The summed E-state index contributed by atoms with van der Waals surface area (Å²) in [6.45, 7) is 4.52. The maximum absolute atomic E-state index is 2.46. The Hall–Kier alpha value is -2.34. The minimum Gasteiger partial charge on any atom is -0.0622 e. The normalized spacial score (nSPS) is 20.2. The van der Waals surface area contributed by atoms with E-state index in [-0.39, 0.29) is 5.41 Å². The molecular formula is C25H24. The number of aryl methyl sites for hydroxylation is 2. The fourth-order valence-corrected chi connectivity index (χ4v) is 5.31. The zero-order valence-corrected chi connectivity index (χ0v) is 15.1. The van der Waals surface area contributed by atoms with Gasteiger partial charge in [0.1, 0.15) is 0 Å². The predicted molar refractivity (Wildman–Crippen MR) is 105 cm³/mol. The van der Waals surface area contributed by atoms with Gasteiger partial charge < -0.3 is 0 Å². The van der Waals surface area contributed by atoms with E-state index in [1.807, 2.05) is 0 Å². The zero-order chi connectivity index (χ0) is 17.0. The molecule has 0 aromatic heterocycles. The molecule has 2 aliphatic carbocycles. The molecular weight excluding hydrogens is 300 g/mol. The van der Waals surface area contributed by atoms with Crippen LogP contribution in [0.4, 0.5) is 0 Å². The van der Waals surface area contributed by atoms with E-state index in [1.165, 1.54) is 47.1 Å². The molecule has 2 aliphatic rings. The molecule has 0 saturated heterocycles. The van der Waals surface area contributed by atoms with E-state index in [1.54, 1.807) is 16.7 Å². The van der Waals surface area contributed by atoms with Gasteiger partial charge in [-0.3, -0.25) is 0 Å². The van der Waals surface area contributed by atoms with Crippen molar-refractivity contribution >= 4 is 0 Å². The molecule has 0 radical (unpaired) electrons. The fourth-order valence-electron chi connectivity index (χ4n) is 5.31. The Morgan fingerprint density at radius 2 is 1.68 bits per heavy atom. The van der Waals surface area contributed by atoms with Crippen molar-refractivity contribution in [3.05, 3.63) is 94.0 Å². The van der Waals surface area contributed by atoms with Crippen LogP contribution in [0.1, 0.15) is 46.2 Å². The summed E-state index contributed by atoms with van der Waals surface area (Å²) in [5, 5.41) is 0. The van der Waals surface area contributed by atoms with Gasteiger partial charge in [-0.1, -0.05) is 66.2 Å². The van der Waals surface area contributed by atoms with Crippen LogP contribution in [0, 0.1) is 13.8 Å². The van der Waals surface area contributed by atoms with Crippen molar-refractivity contribution < 1.29 is 0 Å². The van der Waals surface area contributed by atoms with Gasteiger partial charge in [-0.15, -0.1) is 0 Å². The first-order valence-electron chi connectivity index (χ1n) is 9.47. The molecule has 1 unspecified atom stereocenters. The topological polar surface area (TPSA) is 0 Å². The maximum atomic E-state index is 2.46. The van der Waals surface area contributed by atoms with Crippen LogP contribution in [-0.4, -0.2) is 0 Å². The van der Waals surface area contributed by atoms with Gasteiger partial charge in [0.15, 0.2) is 0 Å². The number of benzene rings is 3. The highest BCUT2D eigenvalue weighted by molar-refractivity contribution is 5.84. The van der Waals surface area contributed by atoms with E-state index < -0.39 is 0 Å². The lowest BCUT2D eigenvalue weighted by Crippen LogP contribution is -2.32. The van der Waals surface area contributed by atoms with E-state index in [2.05, 4.69) is 74.5 Å². The van der Waals surface area contributed by atoms with Crippen molar-refractivity contribution in [3.63, 3.8) is 0 Å². The lowest BCUT2D eigenvalue weighted by atomic mass is 9.65. The standard InChI is InChI=1S/C25H24/c1-17-10-12-21-22-13-11-18(2)20-9-6-14-25(24(20)22,23(21)15-17)16-19-7-4-3-5-8-19/h3-5,7-8,10-13,15H,6,9,14,16H2,1-2H3. The Morgan fingerprint density at radius 3 is 2.52 bits per heavy atom.